The van der Waals surface area contributed by atoms with E-state index in [1.165, 1.54) is 0 Å². The fourth-order valence-corrected chi connectivity index (χ4v) is 4.76. The lowest BCUT2D eigenvalue weighted by atomic mass is 9.95. The number of benzene rings is 2. The molecule has 2 fully saturated rings. The van der Waals surface area contributed by atoms with Crippen molar-refractivity contribution in [3.63, 3.8) is 0 Å². The van der Waals surface area contributed by atoms with Crippen molar-refractivity contribution < 1.29 is 24.2 Å². The van der Waals surface area contributed by atoms with Gasteiger partial charge in [0.2, 0.25) is 0 Å². The van der Waals surface area contributed by atoms with E-state index in [2.05, 4.69) is 20.8 Å². The van der Waals surface area contributed by atoms with Gasteiger partial charge in [-0.25, -0.2) is 0 Å². The van der Waals surface area contributed by atoms with Gasteiger partial charge in [0, 0.05) is 36.2 Å². The zero-order valence-electron chi connectivity index (χ0n) is 19.9. The van der Waals surface area contributed by atoms with Gasteiger partial charge in [-0.05, 0) is 42.7 Å². The third-order valence-corrected chi connectivity index (χ3v) is 6.81. The van der Waals surface area contributed by atoms with Crippen molar-refractivity contribution >= 4 is 33.4 Å². The third kappa shape index (κ3) is 5.94. The van der Waals surface area contributed by atoms with Gasteiger partial charge in [0.25, 0.3) is 11.7 Å². The Labute approximate surface area is 214 Å². The number of carbonyl (C=O) groups is 2. The molecule has 8 heteroatoms. The lowest BCUT2D eigenvalue weighted by Gasteiger charge is -2.29. The molecule has 4 rings (SSSR count). The topological polar surface area (TPSA) is 79.3 Å². The highest BCUT2D eigenvalue weighted by molar-refractivity contribution is 9.10. The van der Waals surface area contributed by atoms with Crippen LogP contribution < -0.4 is 4.74 Å². The predicted octanol–water partition coefficient (Wildman–Crippen LogP) is 4.38. The molecule has 0 aromatic heterocycles. The van der Waals surface area contributed by atoms with E-state index in [1.54, 1.807) is 23.1 Å². The summed E-state index contributed by atoms with van der Waals surface area (Å²) < 4.78 is 12.0. The number of aliphatic hydroxyl groups is 1. The molecular formula is C27H31BrN2O5. The van der Waals surface area contributed by atoms with E-state index in [9.17, 15) is 14.7 Å². The minimum absolute atomic E-state index is 0.108. The first-order chi connectivity index (χ1) is 17.0. The van der Waals surface area contributed by atoms with Crippen LogP contribution in [0.2, 0.25) is 0 Å². The Bertz CT molecular complexity index is 1080. The average Bonchev–Trinajstić information content (AvgIpc) is 3.13. The highest BCUT2D eigenvalue weighted by Crippen LogP contribution is 2.40. The average molecular weight is 543 g/mol. The third-order valence-electron chi connectivity index (χ3n) is 6.28. The van der Waals surface area contributed by atoms with Crippen LogP contribution in [0.25, 0.3) is 5.76 Å². The van der Waals surface area contributed by atoms with Crippen LogP contribution in [0.4, 0.5) is 0 Å². The summed E-state index contributed by atoms with van der Waals surface area (Å²) in [7, 11) is 0. The van der Waals surface area contributed by atoms with Gasteiger partial charge in [0.1, 0.15) is 11.5 Å². The molecule has 2 aliphatic rings. The summed E-state index contributed by atoms with van der Waals surface area (Å²) in [5.74, 6) is -0.828. The highest BCUT2D eigenvalue weighted by Gasteiger charge is 2.45. The van der Waals surface area contributed by atoms with Crippen LogP contribution in [0.15, 0.2) is 58.6 Å². The highest BCUT2D eigenvalue weighted by atomic mass is 79.9. The van der Waals surface area contributed by atoms with Crippen molar-refractivity contribution in [2.45, 2.75) is 25.8 Å². The smallest absolute Gasteiger partial charge is 0.295 e. The van der Waals surface area contributed by atoms with E-state index < -0.39 is 17.7 Å². The molecule has 35 heavy (non-hydrogen) atoms. The monoisotopic (exact) mass is 542 g/mol. The summed E-state index contributed by atoms with van der Waals surface area (Å²) in [5, 5.41) is 11.3. The lowest BCUT2D eigenvalue weighted by molar-refractivity contribution is -0.140. The number of likely N-dealkylation sites (tertiary alicyclic amines) is 1. The summed E-state index contributed by atoms with van der Waals surface area (Å²) in [6, 6.07) is 13.9. The van der Waals surface area contributed by atoms with E-state index in [4.69, 9.17) is 9.47 Å². The van der Waals surface area contributed by atoms with Gasteiger partial charge in [0.05, 0.1) is 31.4 Å². The number of Topliss-reactive ketones (excluding diaryl/α,β-unsaturated/α-hetero) is 1. The van der Waals surface area contributed by atoms with Gasteiger partial charge in [-0.15, -0.1) is 0 Å². The molecule has 0 aliphatic carbocycles. The Morgan fingerprint density at radius 2 is 1.86 bits per heavy atom. The summed E-state index contributed by atoms with van der Waals surface area (Å²) in [6.45, 7) is 6.96. The minimum atomic E-state index is -0.665. The van der Waals surface area contributed by atoms with Crippen LogP contribution in [-0.4, -0.2) is 72.6 Å². The van der Waals surface area contributed by atoms with Crippen molar-refractivity contribution in [1.29, 1.82) is 0 Å². The SMILES string of the molecule is CCCOc1cccc(/C(O)=C2\C(=O)C(=O)N(CCCN3CCOCC3)C2c2ccc(Br)cc2)c1. The molecule has 0 spiro atoms. The Morgan fingerprint density at radius 1 is 1.11 bits per heavy atom. The maximum atomic E-state index is 13.2. The molecule has 0 saturated carbocycles. The lowest BCUT2D eigenvalue weighted by Crippen LogP contribution is -2.38. The number of aliphatic hydroxyl groups excluding tert-OH is 1. The molecule has 1 amide bonds. The number of amides is 1. The van der Waals surface area contributed by atoms with Gasteiger partial charge in [-0.1, -0.05) is 47.1 Å². The second-order valence-electron chi connectivity index (χ2n) is 8.73. The van der Waals surface area contributed by atoms with E-state index in [-0.39, 0.29) is 11.3 Å². The number of hydrogen-bond acceptors (Lipinski definition) is 6. The Hall–Kier alpha value is -2.68. The molecule has 2 aromatic carbocycles. The number of ketones is 1. The van der Waals surface area contributed by atoms with Crippen LogP contribution in [0, 0.1) is 0 Å². The molecule has 2 saturated heterocycles. The number of ether oxygens (including phenoxy) is 2. The second-order valence-corrected chi connectivity index (χ2v) is 9.64. The second kappa shape index (κ2) is 11.8. The molecule has 2 aliphatic heterocycles. The fraction of sp³-hybridized carbons (Fsp3) is 0.407. The number of hydrogen-bond donors (Lipinski definition) is 1. The summed E-state index contributed by atoms with van der Waals surface area (Å²) in [4.78, 5) is 30.3. The number of rotatable bonds is 9. The first-order valence-corrected chi connectivity index (χ1v) is 12.9. The number of halogens is 1. The number of nitrogens with zero attached hydrogens (tertiary/aromatic N) is 2. The molecule has 0 radical (unpaired) electrons. The quantitative estimate of drug-likeness (QED) is 0.287. The van der Waals surface area contributed by atoms with Crippen molar-refractivity contribution in [3.8, 4) is 5.75 Å². The molecule has 1 atom stereocenters. The van der Waals surface area contributed by atoms with Crippen LogP contribution in [0.1, 0.15) is 36.9 Å². The zero-order chi connectivity index (χ0) is 24.8. The summed E-state index contributed by atoms with van der Waals surface area (Å²) >= 11 is 3.45. The zero-order valence-corrected chi connectivity index (χ0v) is 21.5. The van der Waals surface area contributed by atoms with Gasteiger partial charge in [-0.3, -0.25) is 14.5 Å². The van der Waals surface area contributed by atoms with E-state index in [1.807, 2.05) is 37.3 Å². The van der Waals surface area contributed by atoms with E-state index in [0.717, 1.165) is 42.5 Å². The normalized spacial score (nSPS) is 20.4. The summed E-state index contributed by atoms with van der Waals surface area (Å²) in [5.41, 5.74) is 1.34. The van der Waals surface area contributed by atoms with Gasteiger partial charge in [0.15, 0.2) is 0 Å². The van der Waals surface area contributed by atoms with Gasteiger partial charge in [-0.2, -0.15) is 0 Å². The van der Waals surface area contributed by atoms with Gasteiger partial charge < -0.3 is 19.5 Å². The Morgan fingerprint density at radius 3 is 2.57 bits per heavy atom. The molecule has 2 aromatic rings. The maximum absolute atomic E-state index is 13.2. The maximum Gasteiger partial charge on any atom is 0.295 e. The Balaban J connectivity index is 1.65. The first-order valence-electron chi connectivity index (χ1n) is 12.1. The standard InChI is InChI=1S/C27H31BrN2O5/c1-2-15-35-22-6-3-5-20(18-22)25(31)23-24(19-7-9-21(28)10-8-19)30(27(33)26(23)32)12-4-11-29-13-16-34-17-14-29/h3,5-10,18,24,31H,2,4,11-17H2,1H3/b25-23+. The van der Waals surface area contributed by atoms with E-state index in [0.29, 0.717) is 37.7 Å². The predicted molar refractivity (Wildman–Crippen MR) is 137 cm³/mol. The largest absolute Gasteiger partial charge is 0.507 e. The van der Waals surface area contributed by atoms with Crippen molar-refractivity contribution in [3.05, 3.63) is 69.7 Å². The van der Waals surface area contributed by atoms with Crippen LogP contribution >= 0.6 is 15.9 Å². The van der Waals surface area contributed by atoms with Crippen molar-refractivity contribution in [1.82, 2.24) is 9.80 Å². The first kappa shape index (κ1) is 25.4. The van der Waals surface area contributed by atoms with Gasteiger partial charge >= 0.3 is 0 Å². The molecule has 7 nitrogen and oxygen atoms in total. The van der Waals surface area contributed by atoms with Crippen LogP contribution in [-0.2, 0) is 14.3 Å². The number of carbonyl (C=O) groups excluding carboxylic acids is 2. The van der Waals surface area contributed by atoms with E-state index >= 15 is 0 Å². The minimum Gasteiger partial charge on any atom is -0.507 e. The van der Waals surface area contributed by atoms with Crippen molar-refractivity contribution in [2.24, 2.45) is 0 Å². The summed E-state index contributed by atoms with van der Waals surface area (Å²) in [6.07, 6.45) is 1.58. The Kier molecular flexibility index (Phi) is 8.59. The van der Waals surface area contributed by atoms with Crippen LogP contribution in [0.3, 0.4) is 0 Å². The molecule has 2 heterocycles. The molecule has 1 unspecified atom stereocenters. The molecule has 0 bridgehead atoms. The molecular weight excluding hydrogens is 512 g/mol. The van der Waals surface area contributed by atoms with Crippen molar-refractivity contribution in [2.75, 3.05) is 46.0 Å². The molecule has 186 valence electrons. The molecule has 1 N–H and O–H groups in total. The fourth-order valence-electron chi connectivity index (χ4n) is 4.50. The van der Waals surface area contributed by atoms with Crippen LogP contribution in [0.5, 0.6) is 5.75 Å². The number of morpholine rings is 1.